The Labute approximate surface area is 141 Å². The van der Waals surface area contributed by atoms with Crippen molar-refractivity contribution in [2.75, 3.05) is 11.9 Å². The lowest BCUT2D eigenvalue weighted by atomic mass is 10.1. The number of carbonyl (C=O) groups excluding carboxylic acids is 1. The van der Waals surface area contributed by atoms with Gasteiger partial charge < -0.3 is 14.6 Å². The minimum atomic E-state index is -0.334. The Kier molecular flexibility index (Phi) is 6.12. The van der Waals surface area contributed by atoms with Crippen LogP contribution in [0.5, 0.6) is 5.75 Å². The van der Waals surface area contributed by atoms with Crippen molar-refractivity contribution in [3.63, 3.8) is 0 Å². The molecular formula is C18H23N3O3. The van der Waals surface area contributed by atoms with Gasteiger partial charge in [-0.3, -0.25) is 14.6 Å². The van der Waals surface area contributed by atoms with Crippen LogP contribution in [0.4, 0.5) is 5.69 Å². The molecule has 2 rings (SSSR count). The van der Waals surface area contributed by atoms with Gasteiger partial charge in [-0.25, -0.2) is 0 Å². The average Bonchev–Trinajstić information content (AvgIpc) is 2.54. The lowest BCUT2D eigenvalue weighted by Crippen LogP contribution is -2.23. The second-order valence-corrected chi connectivity index (χ2v) is 6.05. The van der Waals surface area contributed by atoms with Crippen LogP contribution in [0.15, 0.2) is 41.6 Å². The molecule has 0 atom stereocenters. The Morgan fingerprint density at radius 2 is 2.17 bits per heavy atom. The number of amides is 1. The largest absolute Gasteiger partial charge is 0.478 e. The molecule has 2 heterocycles. The predicted octanol–water partition coefficient (Wildman–Crippen LogP) is 2.62. The standard InChI is InChI=1S/C18H23N3O3/c1-13(2)6-9-21-10-7-16(22)18(14(21)3)24-12-17(23)20-15-5-4-8-19-11-15/h4-5,7-8,10-11,13H,6,9,12H2,1-3H3,(H,20,23). The second kappa shape index (κ2) is 8.29. The molecule has 0 aliphatic heterocycles. The Bertz CT molecular complexity index is 739. The van der Waals surface area contributed by atoms with Gasteiger partial charge in [0, 0.05) is 25.0 Å². The highest BCUT2D eigenvalue weighted by molar-refractivity contribution is 5.91. The molecule has 0 fully saturated rings. The third kappa shape index (κ3) is 4.94. The number of hydrogen-bond acceptors (Lipinski definition) is 4. The van der Waals surface area contributed by atoms with Crippen molar-refractivity contribution in [3.05, 3.63) is 52.7 Å². The van der Waals surface area contributed by atoms with E-state index in [0.717, 1.165) is 18.7 Å². The minimum Gasteiger partial charge on any atom is -0.478 e. The van der Waals surface area contributed by atoms with Crippen molar-refractivity contribution in [1.82, 2.24) is 9.55 Å². The zero-order valence-electron chi connectivity index (χ0n) is 14.3. The van der Waals surface area contributed by atoms with Crippen LogP contribution in [0.1, 0.15) is 26.0 Å². The van der Waals surface area contributed by atoms with E-state index in [2.05, 4.69) is 24.1 Å². The van der Waals surface area contributed by atoms with Gasteiger partial charge in [0.1, 0.15) is 0 Å². The number of nitrogens with one attached hydrogen (secondary N) is 1. The highest BCUT2D eigenvalue weighted by Crippen LogP contribution is 2.14. The van der Waals surface area contributed by atoms with E-state index in [1.54, 1.807) is 30.7 Å². The molecule has 0 saturated heterocycles. The maximum atomic E-state index is 12.0. The fourth-order valence-corrected chi connectivity index (χ4v) is 2.24. The molecule has 0 saturated carbocycles. The third-order valence-corrected chi connectivity index (χ3v) is 3.63. The van der Waals surface area contributed by atoms with Gasteiger partial charge in [0.2, 0.25) is 5.43 Å². The molecule has 128 valence electrons. The number of hydrogen-bond donors (Lipinski definition) is 1. The summed E-state index contributed by atoms with van der Waals surface area (Å²) in [5.74, 6) is 0.459. The van der Waals surface area contributed by atoms with Gasteiger partial charge in [0.15, 0.2) is 12.4 Å². The Morgan fingerprint density at radius 3 is 2.83 bits per heavy atom. The molecule has 24 heavy (non-hydrogen) atoms. The highest BCUT2D eigenvalue weighted by atomic mass is 16.5. The van der Waals surface area contributed by atoms with E-state index in [1.165, 1.54) is 6.07 Å². The van der Waals surface area contributed by atoms with Crippen molar-refractivity contribution in [3.8, 4) is 5.75 Å². The van der Waals surface area contributed by atoms with Crippen molar-refractivity contribution < 1.29 is 9.53 Å². The van der Waals surface area contributed by atoms with E-state index in [0.29, 0.717) is 11.6 Å². The lowest BCUT2D eigenvalue weighted by molar-refractivity contribution is -0.118. The fourth-order valence-electron chi connectivity index (χ4n) is 2.24. The molecule has 0 spiro atoms. The van der Waals surface area contributed by atoms with Gasteiger partial charge in [-0.05, 0) is 31.4 Å². The molecule has 0 radical (unpaired) electrons. The van der Waals surface area contributed by atoms with Crippen molar-refractivity contribution in [2.45, 2.75) is 33.7 Å². The molecule has 2 aromatic heterocycles. The normalized spacial score (nSPS) is 10.7. The third-order valence-electron chi connectivity index (χ3n) is 3.63. The van der Waals surface area contributed by atoms with Crippen LogP contribution in [-0.2, 0) is 11.3 Å². The summed E-state index contributed by atoms with van der Waals surface area (Å²) in [5, 5.41) is 2.67. The minimum absolute atomic E-state index is 0.220. The monoisotopic (exact) mass is 329 g/mol. The number of aromatic nitrogens is 2. The molecule has 0 unspecified atom stereocenters. The fraction of sp³-hybridized carbons (Fsp3) is 0.389. The molecule has 1 amide bonds. The first-order chi connectivity index (χ1) is 11.5. The molecular weight excluding hydrogens is 306 g/mol. The van der Waals surface area contributed by atoms with E-state index in [9.17, 15) is 9.59 Å². The Morgan fingerprint density at radius 1 is 1.38 bits per heavy atom. The van der Waals surface area contributed by atoms with Crippen LogP contribution in [-0.4, -0.2) is 22.1 Å². The van der Waals surface area contributed by atoms with Gasteiger partial charge in [0.05, 0.1) is 17.6 Å². The first-order valence-electron chi connectivity index (χ1n) is 8.00. The quantitative estimate of drug-likeness (QED) is 0.847. The smallest absolute Gasteiger partial charge is 0.262 e. The predicted molar refractivity (Wildman–Crippen MR) is 93.3 cm³/mol. The topological polar surface area (TPSA) is 73.2 Å². The van der Waals surface area contributed by atoms with Gasteiger partial charge in [-0.15, -0.1) is 0 Å². The van der Waals surface area contributed by atoms with Crippen molar-refractivity contribution in [2.24, 2.45) is 5.92 Å². The molecule has 0 aromatic carbocycles. The van der Waals surface area contributed by atoms with Crippen LogP contribution in [0.25, 0.3) is 0 Å². The van der Waals surface area contributed by atoms with Crippen LogP contribution >= 0.6 is 0 Å². The summed E-state index contributed by atoms with van der Waals surface area (Å²) < 4.78 is 7.47. The van der Waals surface area contributed by atoms with Crippen LogP contribution in [0.2, 0.25) is 0 Å². The first-order valence-corrected chi connectivity index (χ1v) is 8.00. The van der Waals surface area contributed by atoms with Crippen LogP contribution < -0.4 is 15.5 Å². The summed E-state index contributed by atoms with van der Waals surface area (Å²) in [5.41, 5.74) is 1.10. The summed E-state index contributed by atoms with van der Waals surface area (Å²) >= 11 is 0. The summed E-state index contributed by atoms with van der Waals surface area (Å²) in [6.45, 7) is 6.72. The molecule has 2 aromatic rings. The molecule has 0 bridgehead atoms. The zero-order chi connectivity index (χ0) is 17.5. The maximum absolute atomic E-state index is 12.0. The summed E-state index contributed by atoms with van der Waals surface area (Å²) in [7, 11) is 0. The van der Waals surface area contributed by atoms with Crippen molar-refractivity contribution >= 4 is 11.6 Å². The van der Waals surface area contributed by atoms with Gasteiger partial charge >= 0.3 is 0 Å². The van der Waals surface area contributed by atoms with E-state index in [1.807, 2.05) is 11.5 Å². The summed E-state index contributed by atoms with van der Waals surface area (Å²) in [6.07, 6.45) is 5.94. The molecule has 6 heteroatoms. The number of ether oxygens (including phenoxy) is 1. The van der Waals surface area contributed by atoms with Gasteiger partial charge in [-0.1, -0.05) is 13.8 Å². The Hall–Kier alpha value is -2.63. The van der Waals surface area contributed by atoms with Gasteiger partial charge in [0.25, 0.3) is 5.91 Å². The number of nitrogens with zero attached hydrogens (tertiary/aromatic N) is 2. The number of rotatable bonds is 7. The van der Waals surface area contributed by atoms with E-state index < -0.39 is 0 Å². The maximum Gasteiger partial charge on any atom is 0.262 e. The SMILES string of the molecule is Cc1c(OCC(=O)Nc2cccnc2)c(=O)ccn1CCC(C)C. The number of carbonyl (C=O) groups is 1. The summed E-state index contributed by atoms with van der Waals surface area (Å²) in [6, 6.07) is 4.93. The van der Waals surface area contributed by atoms with Gasteiger partial charge in [-0.2, -0.15) is 0 Å². The molecule has 0 aliphatic rings. The number of pyridine rings is 2. The highest BCUT2D eigenvalue weighted by Gasteiger charge is 2.11. The molecule has 0 aliphatic carbocycles. The van der Waals surface area contributed by atoms with Crippen LogP contribution in [0.3, 0.4) is 0 Å². The first kappa shape index (κ1) is 17.7. The van der Waals surface area contributed by atoms with E-state index in [4.69, 9.17) is 4.74 Å². The second-order valence-electron chi connectivity index (χ2n) is 6.05. The average molecular weight is 329 g/mol. The number of aryl methyl sites for hydroxylation is 1. The zero-order valence-corrected chi connectivity index (χ0v) is 14.3. The lowest BCUT2D eigenvalue weighted by Gasteiger charge is -2.15. The van der Waals surface area contributed by atoms with E-state index >= 15 is 0 Å². The van der Waals surface area contributed by atoms with Crippen LogP contribution in [0, 0.1) is 12.8 Å². The number of anilines is 1. The summed E-state index contributed by atoms with van der Waals surface area (Å²) in [4.78, 5) is 27.9. The Balaban J connectivity index is 2.02. The molecule has 1 N–H and O–H groups in total. The van der Waals surface area contributed by atoms with Crippen molar-refractivity contribution in [1.29, 1.82) is 0 Å². The molecule has 6 nitrogen and oxygen atoms in total. The van der Waals surface area contributed by atoms with E-state index in [-0.39, 0.29) is 23.7 Å².